The fraction of sp³-hybridized carbons (Fsp3) is 0.969. The maximum atomic E-state index is 15.8. The monoisotopic (exact) mass is 671 g/mol. The van der Waals surface area contributed by atoms with Crippen molar-refractivity contribution in [3.8, 4) is 0 Å². The van der Waals surface area contributed by atoms with Crippen molar-refractivity contribution in [3.63, 3.8) is 0 Å². The molecule has 5 aliphatic heterocycles. The predicted molar refractivity (Wildman–Crippen MR) is 158 cm³/mol. The summed E-state index contributed by atoms with van der Waals surface area (Å²) in [7, 11) is 0. The van der Waals surface area contributed by atoms with Crippen LogP contribution < -0.4 is 42.5 Å². The van der Waals surface area contributed by atoms with Crippen LogP contribution in [0.3, 0.4) is 0 Å². The summed E-state index contributed by atoms with van der Waals surface area (Å²) in [6, 6.07) is 0. The summed E-state index contributed by atoms with van der Waals surface area (Å²) in [4.78, 5) is 0. The molecule has 8 bridgehead atoms. The molecule has 45 heavy (non-hydrogen) atoms. The van der Waals surface area contributed by atoms with Crippen LogP contribution in [0.4, 0.5) is 17.6 Å². The second-order valence-electron chi connectivity index (χ2n) is 15.7. The molecule has 0 radical (unpaired) electrons. The Morgan fingerprint density at radius 2 is 0.711 bits per heavy atom. The maximum Gasteiger partial charge on any atom is 0.165 e. The van der Waals surface area contributed by atoms with Gasteiger partial charge in [0.1, 0.15) is 12.3 Å². The SMILES string of the molecule is FC1C(F)C(F)C2C3NC4NC(NC5NC(NC6NC(NC(N3)C2C1F)C1[CH-]CCCC61)C1CCCCC51)C1CCCCC41.[Ti]. The van der Waals surface area contributed by atoms with Crippen LogP contribution in [0.15, 0.2) is 0 Å². The van der Waals surface area contributed by atoms with Crippen LogP contribution >= 0.6 is 0 Å². The number of fused-ring (bicyclic) bond motifs is 20. The third kappa shape index (κ3) is 5.33. The molecule has 5 heterocycles. The van der Waals surface area contributed by atoms with Gasteiger partial charge in [-0.1, -0.05) is 38.5 Å². The van der Waals surface area contributed by atoms with E-state index >= 15 is 8.78 Å². The standard InChI is InChI=1S/C32H51F4N8.Ti/c33-21-19-20(22(34)24(36)23(21)35)32-43-30-18-12-6-4-10-16(18)28(41-30)39-26-14-8-2-1-7-13(14)25(37-26)38-27-15-9-3-5-11-17(15)29(40-27)42-31(19)44-32;/h11,13-32,37-44H,1-10,12H2;/q-1;. The average molecular weight is 672 g/mol. The topological polar surface area (TPSA) is 96.2 Å². The molecule has 9 aliphatic rings. The van der Waals surface area contributed by atoms with Gasteiger partial charge < -0.3 is 6.42 Å². The summed E-state index contributed by atoms with van der Waals surface area (Å²) >= 11 is 0. The van der Waals surface area contributed by atoms with Crippen LogP contribution in [0.2, 0.25) is 0 Å². The summed E-state index contributed by atoms with van der Waals surface area (Å²) in [5.74, 6) is 0.397. The zero-order valence-electron chi connectivity index (χ0n) is 25.9. The number of alkyl halides is 4. The van der Waals surface area contributed by atoms with Crippen molar-refractivity contribution in [1.82, 2.24) is 42.5 Å². The minimum atomic E-state index is -2.46. The summed E-state index contributed by atoms with van der Waals surface area (Å²) in [5.41, 5.74) is 0. The van der Waals surface area contributed by atoms with Gasteiger partial charge >= 0.3 is 0 Å². The van der Waals surface area contributed by atoms with Gasteiger partial charge in [0.25, 0.3) is 0 Å². The van der Waals surface area contributed by atoms with E-state index in [1.807, 2.05) is 0 Å². The molecule has 0 aromatic rings. The van der Waals surface area contributed by atoms with E-state index in [0.717, 1.165) is 38.5 Å². The van der Waals surface area contributed by atoms with Gasteiger partial charge in [0.05, 0.1) is 43.2 Å². The van der Waals surface area contributed by atoms with Gasteiger partial charge in [-0.15, -0.1) is 5.92 Å². The van der Waals surface area contributed by atoms with Gasteiger partial charge in [-0.25, -0.2) is 17.6 Å². The smallest absolute Gasteiger partial charge is 0.165 e. The average Bonchev–Trinajstić information content (AvgIpc) is 3.78. The molecule has 0 amide bonds. The van der Waals surface area contributed by atoms with Crippen molar-refractivity contribution in [1.29, 1.82) is 0 Å². The van der Waals surface area contributed by atoms with Crippen molar-refractivity contribution >= 4 is 0 Å². The van der Waals surface area contributed by atoms with E-state index in [-0.39, 0.29) is 64.6 Å². The molecular weight excluding hydrogens is 620 g/mol. The third-order valence-electron chi connectivity index (χ3n) is 13.7. The molecule has 4 aliphatic carbocycles. The first-order valence-corrected chi connectivity index (χ1v) is 17.9. The first-order chi connectivity index (χ1) is 21.5. The van der Waals surface area contributed by atoms with Crippen LogP contribution in [-0.2, 0) is 21.7 Å². The Labute approximate surface area is 279 Å². The fourth-order valence-corrected chi connectivity index (χ4v) is 11.7. The molecule has 8 N–H and O–H groups in total. The Balaban J connectivity index is 0.00000300. The van der Waals surface area contributed by atoms with Crippen molar-refractivity contribution in [2.45, 2.75) is 145 Å². The molecule has 9 fully saturated rings. The molecule has 5 saturated heterocycles. The minimum Gasteiger partial charge on any atom is -0.322 e. The van der Waals surface area contributed by atoms with Crippen molar-refractivity contribution < 1.29 is 39.3 Å². The van der Waals surface area contributed by atoms with Gasteiger partial charge in [-0.3, -0.25) is 42.5 Å². The molecule has 4 saturated carbocycles. The molecule has 0 spiro atoms. The van der Waals surface area contributed by atoms with Gasteiger partial charge in [0.2, 0.25) is 0 Å². The van der Waals surface area contributed by atoms with Crippen LogP contribution in [0.5, 0.6) is 0 Å². The van der Waals surface area contributed by atoms with Gasteiger partial charge in [-0.2, -0.15) is 6.42 Å². The Kier molecular flexibility index (Phi) is 9.18. The van der Waals surface area contributed by atoms with Crippen LogP contribution in [-0.4, -0.2) is 74.0 Å². The number of rotatable bonds is 0. The Morgan fingerprint density at radius 1 is 0.378 bits per heavy atom. The first-order valence-electron chi connectivity index (χ1n) is 17.9. The molecular formula is C32H51F4N8Ti-. The quantitative estimate of drug-likeness (QED) is 0.113. The largest absolute Gasteiger partial charge is 0.322 e. The van der Waals surface area contributed by atoms with Crippen molar-refractivity contribution in [2.24, 2.45) is 47.3 Å². The number of halogens is 4. The third-order valence-corrected chi connectivity index (χ3v) is 13.7. The fourth-order valence-electron chi connectivity index (χ4n) is 11.7. The molecule has 0 aromatic heterocycles. The second-order valence-corrected chi connectivity index (χ2v) is 15.7. The predicted octanol–water partition coefficient (Wildman–Crippen LogP) is 2.21. The molecule has 20 unspecified atom stereocenters. The Morgan fingerprint density at radius 3 is 1.18 bits per heavy atom. The summed E-state index contributed by atoms with van der Waals surface area (Å²) in [5, 5.41) is 30.5. The van der Waals surface area contributed by atoms with E-state index in [1.165, 1.54) is 32.1 Å². The minimum absolute atomic E-state index is 0. The Hall–Kier alpha value is 0.114. The van der Waals surface area contributed by atoms with E-state index in [0.29, 0.717) is 29.6 Å². The molecule has 0 aromatic carbocycles. The van der Waals surface area contributed by atoms with Crippen molar-refractivity contribution in [3.05, 3.63) is 6.42 Å². The molecule has 9 rings (SSSR count). The number of hydrogen-bond donors (Lipinski definition) is 8. The Bertz CT molecular complexity index is 989. The van der Waals surface area contributed by atoms with Gasteiger partial charge in [-0.05, 0) is 55.3 Å². The van der Waals surface area contributed by atoms with Crippen LogP contribution in [0.25, 0.3) is 0 Å². The van der Waals surface area contributed by atoms with E-state index < -0.39 is 48.9 Å². The molecule has 252 valence electrons. The van der Waals surface area contributed by atoms with Gasteiger partial charge in [0.15, 0.2) is 12.3 Å². The van der Waals surface area contributed by atoms with Crippen molar-refractivity contribution in [2.75, 3.05) is 0 Å². The van der Waals surface area contributed by atoms with E-state index in [9.17, 15) is 8.78 Å². The van der Waals surface area contributed by atoms with E-state index in [4.69, 9.17) is 0 Å². The maximum absolute atomic E-state index is 15.8. The first kappa shape index (κ1) is 32.3. The normalized spacial score (nSPS) is 58.9. The molecule has 8 nitrogen and oxygen atoms in total. The number of nitrogens with one attached hydrogen (secondary N) is 8. The van der Waals surface area contributed by atoms with Gasteiger partial charge in [0, 0.05) is 39.7 Å². The summed E-state index contributed by atoms with van der Waals surface area (Å²) < 4.78 is 61.4. The zero-order valence-corrected chi connectivity index (χ0v) is 27.5. The van der Waals surface area contributed by atoms with Crippen LogP contribution in [0, 0.1) is 53.8 Å². The summed E-state index contributed by atoms with van der Waals surface area (Å²) in [6.45, 7) is 0. The molecule has 20 atom stereocenters. The second kappa shape index (κ2) is 12.8. The van der Waals surface area contributed by atoms with Crippen LogP contribution in [0.1, 0.15) is 70.6 Å². The van der Waals surface area contributed by atoms with E-state index in [1.54, 1.807) is 0 Å². The summed E-state index contributed by atoms with van der Waals surface area (Å²) in [6.07, 6.45) is 4.86. The van der Waals surface area contributed by atoms with E-state index in [2.05, 4.69) is 49.0 Å². The zero-order chi connectivity index (χ0) is 29.7. The number of hydrogen-bond acceptors (Lipinski definition) is 8. The molecule has 13 heteroatoms.